The van der Waals surface area contributed by atoms with Crippen molar-refractivity contribution in [3.05, 3.63) is 51.5 Å². The Morgan fingerprint density at radius 3 is 2.59 bits per heavy atom. The minimum atomic E-state index is -4.39. The molecule has 0 spiro atoms. The van der Waals surface area contributed by atoms with Crippen molar-refractivity contribution >= 4 is 17.3 Å². The fourth-order valence-corrected chi connectivity index (χ4v) is 3.26. The van der Waals surface area contributed by atoms with Gasteiger partial charge >= 0.3 is 6.18 Å². The molecule has 0 saturated heterocycles. The van der Waals surface area contributed by atoms with Gasteiger partial charge in [0.2, 0.25) is 0 Å². The van der Waals surface area contributed by atoms with Gasteiger partial charge in [0, 0.05) is 38.5 Å². The molecule has 2 rings (SSSR count). The summed E-state index contributed by atoms with van der Waals surface area (Å²) in [7, 11) is 5.70. The van der Waals surface area contributed by atoms with Gasteiger partial charge in [-0.2, -0.15) is 13.2 Å². The molecule has 5 nitrogen and oxygen atoms in total. The molecule has 1 heterocycles. The van der Waals surface area contributed by atoms with Gasteiger partial charge in [0.05, 0.1) is 5.01 Å². The molecule has 0 aliphatic carbocycles. The molecular weight excluding hydrogens is 375 g/mol. The molecule has 0 aliphatic heterocycles. The van der Waals surface area contributed by atoms with Gasteiger partial charge in [-0.25, -0.2) is 4.98 Å². The molecule has 0 unspecified atom stereocenters. The van der Waals surface area contributed by atoms with Crippen molar-refractivity contribution in [1.29, 1.82) is 0 Å². The Labute approximate surface area is 161 Å². The van der Waals surface area contributed by atoms with Gasteiger partial charge in [-0.1, -0.05) is 24.3 Å². The van der Waals surface area contributed by atoms with Gasteiger partial charge in [0.25, 0.3) is 0 Å². The Balaban J connectivity index is 1.80. The van der Waals surface area contributed by atoms with E-state index in [2.05, 4.69) is 37.6 Å². The molecule has 2 aromatic rings. The van der Waals surface area contributed by atoms with E-state index in [0.29, 0.717) is 30.5 Å². The molecule has 0 aliphatic rings. The van der Waals surface area contributed by atoms with Gasteiger partial charge in [-0.05, 0) is 25.2 Å². The second-order valence-corrected chi connectivity index (χ2v) is 7.23. The minimum Gasteiger partial charge on any atom is -0.356 e. The van der Waals surface area contributed by atoms with E-state index in [-0.39, 0.29) is 0 Å². The summed E-state index contributed by atoms with van der Waals surface area (Å²) >= 11 is 1.02. The largest absolute Gasteiger partial charge is 0.434 e. The van der Waals surface area contributed by atoms with E-state index in [1.807, 2.05) is 26.2 Å². The predicted molar refractivity (Wildman–Crippen MR) is 103 cm³/mol. The predicted octanol–water partition coefficient (Wildman–Crippen LogP) is 3.13. The number of thiazole rings is 1. The first-order valence-corrected chi connectivity index (χ1v) is 9.34. The number of alkyl halides is 3. The number of guanidine groups is 1. The summed E-state index contributed by atoms with van der Waals surface area (Å²) in [6.45, 7) is 1.93. The molecule has 0 radical (unpaired) electrons. The highest BCUT2D eigenvalue weighted by molar-refractivity contribution is 7.09. The number of nitrogens with one attached hydrogen (secondary N) is 2. The van der Waals surface area contributed by atoms with Crippen molar-refractivity contribution in [1.82, 2.24) is 20.5 Å². The van der Waals surface area contributed by atoms with Crippen LogP contribution in [-0.2, 0) is 25.7 Å². The number of aliphatic imine (C=N–C) groups is 1. The second kappa shape index (κ2) is 9.70. The molecule has 2 N–H and O–H groups in total. The number of nitrogens with zero attached hydrogens (tertiary/aromatic N) is 3. The smallest absolute Gasteiger partial charge is 0.356 e. The van der Waals surface area contributed by atoms with Crippen molar-refractivity contribution in [3.63, 3.8) is 0 Å². The van der Waals surface area contributed by atoms with E-state index < -0.39 is 11.9 Å². The fraction of sp³-hybridized carbons (Fsp3) is 0.444. The third-order valence-corrected chi connectivity index (χ3v) is 4.56. The SMILES string of the molecule is CN=C(NCCc1nc(C(F)(F)F)cs1)NCc1cccc(CN(C)C)c1. The van der Waals surface area contributed by atoms with Gasteiger partial charge in [0.15, 0.2) is 11.7 Å². The van der Waals surface area contributed by atoms with Crippen LogP contribution < -0.4 is 10.6 Å². The summed E-state index contributed by atoms with van der Waals surface area (Å²) in [6.07, 6.45) is -3.99. The Morgan fingerprint density at radius 2 is 1.96 bits per heavy atom. The van der Waals surface area contributed by atoms with Gasteiger partial charge in [0.1, 0.15) is 0 Å². The van der Waals surface area contributed by atoms with Gasteiger partial charge < -0.3 is 15.5 Å². The third kappa shape index (κ3) is 7.18. The zero-order valence-electron chi connectivity index (χ0n) is 15.6. The lowest BCUT2D eigenvalue weighted by atomic mass is 10.1. The Bertz CT molecular complexity index is 755. The lowest BCUT2D eigenvalue weighted by molar-refractivity contribution is -0.140. The number of aromatic nitrogens is 1. The van der Waals surface area contributed by atoms with E-state index >= 15 is 0 Å². The van der Waals surface area contributed by atoms with Crippen molar-refractivity contribution in [2.45, 2.75) is 25.7 Å². The molecule has 0 saturated carbocycles. The van der Waals surface area contributed by atoms with Gasteiger partial charge in [-0.3, -0.25) is 4.99 Å². The molecule has 9 heteroatoms. The van der Waals surface area contributed by atoms with E-state index in [9.17, 15) is 13.2 Å². The summed E-state index contributed by atoms with van der Waals surface area (Å²) in [4.78, 5) is 9.87. The van der Waals surface area contributed by atoms with Gasteiger partial charge in [-0.15, -0.1) is 11.3 Å². The van der Waals surface area contributed by atoms with Crippen LogP contribution in [0.3, 0.4) is 0 Å². The first-order valence-electron chi connectivity index (χ1n) is 8.46. The average molecular weight is 399 g/mol. The number of rotatable bonds is 7. The second-order valence-electron chi connectivity index (χ2n) is 6.28. The van der Waals surface area contributed by atoms with E-state index in [1.165, 1.54) is 5.56 Å². The zero-order valence-corrected chi connectivity index (χ0v) is 16.4. The van der Waals surface area contributed by atoms with Crippen LogP contribution in [0.1, 0.15) is 21.8 Å². The summed E-state index contributed by atoms with van der Waals surface area (Å²) in [6, 6.07) is 8.27. The normalized spacial score (nSPS) is 12.5. The quantitative estimate of drug-likeness (QED) is 0.555. The van der Waals surface area contributed by atoms with Crippen LogP contribution in [0.15, 0.2) is 34.6 Å². The average Bonchev–Trinajstić information content (AvgIpc) is 3.07. The lowest BCUT2D eigenvalue weighted by Crippen LogP contribution is -2.37. The van der Waals surface area contributed by atoms with Crippen LogP contribution in [-0.4, -0.2) is 43.5 Å². The highest BCUT2D eigenvalue weighted by atomic mass is 32.1. The van der Waals surface area contributed by atoms with Crippen LogP contribution >= 0.6 is 11.3 Å². The fourth-order valence-electron chi connectivity index (χ4n) is 2.45. The van der Waals surface area contributed by atoms with Crippen LogP contribution in [0.2, 0.25) is 0 Å². The highest BCUT2D eigenvalue weighted by Crippen LogP contribution is 2.29. The van der Waals surface area contributed by atoms with Crippen LogP contribution in [0.5, 0.6) is 0 Å². The number of hydrogen-bond donors (Lipinski definition) is 2. The molecular formula is C18H24F3N5S. The molecule has 1 aromatic heterocycles. The van der Waals surface area contributed by atoms with Crippen molar-refractivity contribution < 1.29 is 13.2 Å². The van der Waals surface area contributed by atoms with Crippen molar-refractivity contribution in [2.75, 3.05) is 27.7 Å². The third-order valence-electron chi connectivity index (χ3n) is 3.65. The Hall–Kier alpha value is -2.13. The molecule has 27 heavy (non-hydrogen) atoms. The van der Waals surface area contributed by atoms with Crippen LogP contribution in [0.25, 0.3) is 0 Å². The highest BCUT2D eigenvalue weighted by Gasteiger charge is 2.33. The molecule has 0 bridgehead atoms. The topological polar surface area (TPSA) is 52.6 Å². The van der Waals surface area contributed by atoms with Crippen LogP contribution in [0.4, 0.5) is 13.2 Å². The maximum atomic E-state index is 12.6. The number of halogens is 3. The summed E-state index contributed by atoms with van der Waals surface area (Å²) < 4.78 is 37.7. The number of benzene rings is 1. The standard InChI is InChI=1S/C18H24F3N5S/c1-22-17(23-8-7-16-25-15(12-27-16)18(19,20)21)24-10-13-5-4-6-14(9-13)11-26(2)3/h4-6,9,12H,7-8,10-11H2,1-3H3,(H2,22,23,24). The number of hydrogen-bond acceptors (Lipinski definition) is 4. The molecule has 0 amide bonds. The lowest BCUT2D eigenvalue weighted by Gasteiger charge is -2.13. The van der Waals surface area contributed by atoms with E-state index in [0.717, 1.165) is 28.8 Å². The summed E-state index contributed by atoms with van der Waals surface area (Å²) in [5.74, 6) is 0.598. The van der Waals surface area contributed by atoms with Crippen molar-refractivity contribution in [2.24, 2.45) is 4.99 Å². The zero-order chi connectivity index (χ0) is 19.9. The summed E-state index contributed by atoms with van der Waals surface area (Å²) in [5, 5.41) is 7.80. The molecule has 0 atom stereocenters. The van der Waals surface area contributed by atoms with E-state index in [4.69, 9.17) is 0 Å². The monoisotopic (exact) mass is 399 g/mol. The van der Waals surface area contributed by atoms with Crippen molar-refractivity contribution in [3.8, 4) is 0 Å². The summed E-state index contributed by atoms with van der Waals surface area (Å²) in [5.41, 5.74) is 1.53. The minimum absolute atomic E-state index is 0.403. The maximum absolute atomic E-state index is 12.6. The Morgan fingerprint density at radius 1 is 1.22 bits per heavy atom. The van der Waals surface area contributed by atoms with Crippen LogP contribution in [0, 0.1) is 0 Å². The van der Waals surface area contributed by atoms with E-state index in [1.54, 1.807) is 7.05 Å². The first-order chi connectivity index (χ1) is 12.8. The molecule has 0 fully saturated rings. The first kappa shape index (κ1) is 21.2. The Kier molecular flexibility index (Phi) is 7.61. The molecule has 1 aromatic carbocycles. The maximum Gasteiger partial charge on any atom is 0.434 e. The molecule has 148 valence electrons.